The first-order valence-corrected chi connectivity index (χ1v) is 8.65. The molecule has 2 aromatic rings. The fraction of sp³-hybridized carbons (Fsp3) is 0.300. The Labute approximate surface area is 161 Å². The van der Waals surface area contributed by atoms with Crippen LogP contribution in [-0.2, 0) is 20.7 Å². The van der Waals surface area contributed by atoms with Gasteiger partial charge in [-0.25, -0.2) is 0 Å². The lowest BCUT2D eigenvalue weighted by Crippen LogP contribution is -2.30. The quantitative estimate of drug-likeness (QED) is 0.656. The number of nitrogens with one attached hydrogen (secondary N) is 1. The van der Waals surface area contributed by atoms with Crippen molar-refractivity contribution in [2.45, 2.75) is 33.0 Å². The molecule has 6 nitrogen and oxygen atoms in total. The zero-order valence-corrected chi connectivity index (χ0v) is 15.5. The zero-order valence-electron chi connectivity index (χ0n) is 15.5. The van der Waals surface area contributed by atoms with Crippen molar-refractivity contribution in [3.8, 4) is 11.5 Å². The van der Waals surface area contributed by atoms with Gasteiger partial charge in [0.25, 0.3) is 5.91 Å². The molecular weight excluding hydrogens is 372 g/mol. The Hall–Kier alpha value is -3.16. The van der Waals surface area contributed by atoms with Gasteiger partial charge in [0.1, 0.15) is 11.5 Å². The first-order chi connectivity index (χ1) is 13.4. The summed E-state index contributed by atoms with van der Waals surface area (Å²) < 4.78 is 39.1. The van der Waals surface area contributed by atoms with Crippen LogP contribution in [0.3, 0.4) is 0 Å². The number of para-hydroxylation sites is 2. The summed E-state index contributed by atoms with van der Waals surface area (Å²) in [5.41, 5.74) is 1.02. The molecule has 0 bridgehead atoms. The molecule has 1 amide bonds. The van der Waals surface area contributed by atoms with Gasteiger partial charge in [-0.15, -0.1) is 0 Å². The molecule has 2 rings (SSSR count). The molecule has 1 N–H and O–H groups in total. The van der Waals surface area contributed by atoms with Gasteiger partial charge in [0, 0.05) is 0 Å². The van der Waals surface area contributed by atoms with E-state index in [9.17, 15) is 18.4 Å². The third kappa shape index (κ3) is 6.53. The monoisotopic (exact) mass is 393 g/mol. The van der Waals surface area contributed by atoms with Crippen molar-refractivity contribution in [1.82, 2.24) is 0 Å². The minimum Gasteiger partial charge on any atom is -0.492 e. The van der Waals surface area contributed by atoms with E-state index in [1.165, 1.54) is 31.2 Å². The highest BCUT2D eigenvalue weighted by Crippen LogP contribution is 2.24. The van der Waals surface area contributed by atoms with Crippen LogP contribution in [-0.4, -0.2) is 31.2 Å². The number of alkyl halides is 2. The molecule has 0 heterocycles. The molecule has 0 radical (unpaired) electrons. The number of anilines is 1. The lowest BCUT2D eigenvalue weighted by atomic mass is 10.1. The highest BCUT2D eigenvalue weighted by molar-refractivity contribution is 5.96. The van der Waals surface area contributed by atoms with Crippen LogP contribution in [0, 0.1) is 0 Å². The molecular formula is C20H21F2NO5. The normalized spacial score (nSPS) is 11.6. The van der Waals surface area contributed by atoms with E-state index in [0.717, 1.165) is 0 Å². The number of halogens is 2. The second-order valence-electron chi connectivity index (χ2n) is 5.75. The van der Waals surface area contributed by atoms with Gasteiger partial charge in [-0.2, -0.15) is 8.78 Å². The molecule has 0 aliphatic heterocycles. The predicted octanol–water partition coefficient (Wildman–Crippen LogP) is 3.80. The van der Waals surface area contributed by atoms with Crippen LogP contribution >= 0.6 is 0 Å². The van der Waals surface area contributed by atoms with Crippen molar-refractivity contribution in [2.24, 2.45) is 0 Å². The van der Waals surface area contributed by atoms with E-state index in [4.69, 9.17) is 9.47 Å². The van der Waals surface area contributed by atoms with Crippen molar-refractivity contribution in [3.63, 3.8) is 0 Å². The number of carbonyl (C=O) groups excluding carboxylic acids is 2. The van der Waals surface area contributed by atoms with Gasteiger partial charge in [-0.3, -0.25) is 9.59 Å². The van der Waals surface area contributed by atoms with Crippen molar-refractivity contribution in [2.75, 3.05) is 11.9 Å². The number of ether oxygens (including phenoxy) is 3. The van der Waals surface area contributed by atoms with E-state index >= 15 is 0 Å². The van der Waals surface area contributed by atoms with Crippen LogP contribution < -0.4 is 14.8 Å². The van der Waals surface area contributed by atoms with Gasteiger partial charge in [0.2, 0.25) is 0 Å². The Kier molecular flexibility index (Phi) is 7.74. The van der Waals surface area contributed by atoms with Crippen LogP contribution in [0.2, 0.25) is 0 Å². The molecule has 0 aliphatic rings. The van der Waals surface area contributed by atoms with E-state index in [0.29, 0.717) is 23.6 Å². The number of rotatable bonds is 9. The Morgan fingerprint density at radius 2 is 1.75 bits per heavy atom. The first kappa shape index (κ1) is 21.1. The summed E-state index contributed by atoms with van der Waals surface area (Å²) in [6, 6.07) is 12.5. The molecule has 0 saturated carbocycles. The largest absolute Gasteiger partial charge is 0.492 e. The number of hydrogen-bond acceptors (Lipinski definition) is 5. The molecule has 0 fully saturated rings. The summed E-state index contributed by atoms with van der Waals surface area (Å²) >= 11 is 0. The topological polar surface area (TPSA) is 73.9 Å². The fourth-order valence-electron chi connectivity index (χ4n) is 2.33. The van der Waals surface area contributed by atoms with Crippen LogP contribution in [0.15, 0.2) is 48.5 Å². The molecule has 0 aromatic heterocycles. The number of carbonyl (C=O) groups is 2. The van der Waals surface area contributed by atoms with Crippen LogP contribution in [0.4, 0.5) is 14.5 Å². The summed E-state index contributed by atoms with van der Waals surface area (Å²) in [5.74, 6) is -0.611. The van der Waals surface area contributed by atoms with Crippen LogP contribution in [0.1, 0.15) is 19.4 Å². The Balaban J connectivity index is 1.88. The van der Waals surface area contributed by atoms with Gasteiger partial charge < -0.3 is 19.5 Å². The molecule has 1 atom stereocenters. The summed E-state index contributed by atoms with van der Waals surface area (Å²) in [4.78, 5) is 24.3. The van der Waals surface area contributed by atoms with Crippen molar-refractivity contribution in [3.05, 3.63) is 54.1 Å². The maximum Gasteiger partial charge on any atom is 0.387 e. The van der Waals surface area contributed by atoms with Crippen molar-refractivity contribution < 1.29 is 32.6 Å². The highest BCUT2D eigenvalue weighted by atomic mass is 19.3. The van der Waals surface area contributed by atoms with Gasteiger partial charge in [0.15, 0.2) is 6.10 Å². The summed E-state index contributed by atoms with van der Waals surface area (Å²) in [5, 5.41) is 2.66. The summed E-state index contributed by atoms with van der Waals surface area (Å²) in [6.45, 7) is 0.812. The number of esters is 1. The smallest absolute Gasteiger partial charge is 0.387 e. The molecule has 150 valence electrons. The molecule has 8 heteroatoms. The average Bonchev–Trinajstić information content (AvgIpc) is 2.64. The van der Waals surface area contributed by atoms with Crippen molar-refractivity contribution in [1.29, 1.82) is 0 Å². The molecule has 2 aromatic carbocycles. The predicted molar refractivity (Wildman–Crippen MR) is 98.6 cm³/mol. The average molecular weight is 393 g/mol. The summed E-state index contributed by atoms with van der Waals surface area (Å²) in [7, 11) is 0. The zero-order chi connectivity index (χ0) is 20.5. The third-order valence-corrected chi connectivity index (χ3v) is 3.62. The number of hydrogen-bond donors (Lipinski definition) is 1. The van der Waals surface area contributed by atoms with Crippen LogP contribution in [0.25, 0.3) is 0 Å². The second-order valence-corrected chi connectivity index (χ2v) is 5.75. The number of amides is 1. The van der Waals surface area contributed by atoms with E-state index in [-0.39, 0.29) is 12.2 Å². The number of benzene rings is 2. The Morgan fingerprint density at radius 1 is 1.07 bits per heavy atom. The Bertz CT molecular complexity index is 795. The lowest BCUT2D eigenvalue weighted by molar-refractivity contribution is -0.152. The van der Waals surface area contributed by atoms with E-state index in [2.05, 4.69) is 10.1 Å². The first-order valence-electron chi connectivity index (χ1n) is 8.65. The second kappa shape index (κ2) is 10.2. The molecule has 0 spiro atoms. The van der Waals surface area contributed by atoms with Gasteiger partial charge in [0.05, 0.1) is 18.7 Å². The SMILES string of the molecule is CCOc1ccccc1NC(=O)C(C)OC(=O)Cc1ccc(OC(F)F)cc1. The highest BCUT2D eigenvalue weighted by Gasteiger charge is 2.19. The summed E-state index contributed by atoms with van der Waals surface area (Å²) in [6.07, 6.45) is -1.13. The van der Waals surface area contributed by atoms with E-state index in [1.807, 2.05) is 6.92 Å². The lowest BCUT2D eigenvalue weighted by Gasteiger charge is -2.15. The third-order valence-electron chi connectivity index (χ3n) is 3.62. The minimum atomic E-state index is -2.91. The molecule has 0 saturated heterocycles. The van der Waals surface area contributed by atoms with Gasteiger partial charge >= 0.3 is 12.6 Å². The minimum absolute atomic E-state index is 0.00664. The van der Waals surface area contributed by atoms with Crippen molar-refractivity contribution >= 4 is 17.6 Å². The maximum atomic E-state index is 12.3. The van der Waals surface area contributed by atoms with Gasteiger partial charge in [-0.1, -0.05) is 24.3 Å². The van der Waals surface area contributed by atoms with E-state index < -0.39 is 24.6 Å². The van der Waals surface area contributed by atoms with Gasteiger partial charge in [-0.05, 0) is 43.7 Å². The standard InChI is InChI=1S/C20H21F2NO5/c1-3-26-17-7-5-4-6-16(17)23-19(25)13(2)27-18(24)12-14-8-10-15(11-9-14)28-20(21)22/h4-11,13,20H,3,12H2,1-2H3,(H,23,25). The molecule has 1 unspecified atom stereocenters. The molecule has 28 heavy (non-hydrogen) atoms. The maximum absolute atomic E-state index is 12.3. The molecule has 0 aliphatic carbocycles. The van der Waals surface area contributed by atoms with Crippen LogP contribution in [0.5, 0.6) is 11.5 Å². The van der Waals surface area contributed by atoms with E-state index in [1.54, 1.807) is 24.3 Å². The Morgan fingerprint density at radius 3 is 2.39 bits per heavy atom. The fourth-order valence-corrected chi connectivity index (χ4v) is 2.33.